The first-order valence-corrected chi connectivity index (χ1v) is 12.9. The molecule has 1 N–H and O–H groups in total. The quantitative estimate of drug-likeness (QED) is 0.340. The number of benzene rings is 2. The SMILES string of the molecule is COC(=O)C[C@@H](c1cc(OC)c(OC)c(OC)c1)c1oc(CN2CCc3cc(OC)c(OC)cc3C2)cc(=O)c1O. The fraction of sp³-hybridized carbons (Fsp3) is 0.400. The van der Waals surface area contributed by atoms with E-state index < -0.39 is 23.1 Å². The topological polar surface area (TPSA) is 126 Å². The zero-order chi connectivity index (χ0) is 29.7. The first-order valence-electron chi connectivity index (χ1n) is 12.9. The highest BCUT2D eigenvalue weighted by Gasteiger charge is 2.30. The number of nitrogens with zero attached hydrogens (tertiary/aromatic N) is 1. The molecule has 0 radical (unpaired) electrons. The summed E-state index contributed by atoms with van der Waals surface area (Å²) < 4.78 is 38.3. The number of aromatic hydroxyl groups is 1. The lowest BCUT2D eigenvalue weighted by atomic mass is 9.91. The second kappa shape index (κ2) is 12.9. The molecule has 0 unspecified atom stereocenters. The average Bonchev–Trinajstić information content (AvgIpc) is 2.99. The number of fused-ring (bicyclic) bond motifs is 1. The number of carbonyl (C=O) groups is 1. The van der Waals surface area contributed by atoms with Crippen molar-refractivity contribution in [2.75, 3.05) is 49.2 Å². The van der Waals surface area contributed by atoms with Crippen molar-refractivity contribution in [1.82, 2.24) is 4.90 Å². The Bertz CT molecular complexity index is 1440. The van der Waals surface area contributed by atoms with E-state index in [2.05, 4.69) is 4.90 Å². The van der Waals surface area contributed by atoms with Crippen molar-refractivity contribution in [1.29, 1.82) is 0 Å². The number of rotatable bonds is 11. The van der Waals surface area contributed by atoms with Crippen LogP contribution in [0.25, 0.3) is 0 Å². The Morgan fingerprint density at radius 3 is 2.05 bits per heavy atom. The van der Waals surface area contributed by atoms with Crippen LogP contribution in [0.15, 0.2) is 39.5 Å². The molecular weight excluding hydrogens is 534 g/mol. The highest BCUT2D eigenvalue weighted by atomic mass is 16.5. The van der Waals surface area contributed by atoms with Crippen LogP contribution in [0.3, 0.4) is 0 Å². The lowest BCUT2D eigenvalue weighted by Gasteiger charge is -2.29. The minimum Gasteiger partial charge on any atom is -0.502 e. The first-order chi connectivity index (χ1) is 19.8. The predicted octanol–water partition coefficient (Wildman–Crippen LogP) is 3.64. The number of methoxy groups -OCH3 is 6. The van der Waals surface area contributed by atoms with E-state index >= 15 is 0 Å². The number of hydrogen-bond acceptors (Lipinski definition) is 11. The van der Waals surface area contributed by atoms with Crippen LogP contribution in [-0.2, 0) is 29.0 Å². The molecule has 2 heterocycles. The van der Waals surface area contributed by atoms with Crippen molar-refractivity contribution in [2.45, 2.75) is 31.8 Å². The van der Waals surface area contributed by atoms with Crippen LogP contribution in [0.2, 0.25) is 0 Å². The fourth-order valence-corrected chi connectivity index (χ4v) is 5.08. The Hall–Kier alpha value is -4.38. The molecule has 0 fully saturated rings. The molecule has 0 aliphatic carbocycles. The Balaban J connectivity index is 1.72. The van der Waals surface area contributed by atoms with Gasteiger partial charge in [0.2, 0.25) is 16.9 Å². The maximum absolute atomic E-state index is 12.9. The van der Waals surface area contributed by atoms with Crippen molar-refractivity contribution >= 4 is 5.97 Å². The molecule has 0 amide bonds. The Morgan fingerprint density at radius 1 is 0.878 bits per heavy atom. The highest BCUT2D eigenvalue weighted by Crippen LogP contribution is 2.43. The second-order valence-electron chi connectivity index (χ2n) is 9.52. The largest absolute Gasteiger partial charge is 0.502 e. The van der Waals surface area contributed by atoms with Gasteiger partial charge in [-0.2, -0.15) is 0 Å². The lowest BCUT2D eigenvalue weighted by molar-refractivity contribution is -0.140. The van der Waals surface area contributed by atoms with Crippen molar-refractivity contribution in [3.05, 3.63) is 68.8 Å². The van der Waals surface area contributed by atoms with Gasteiger partial charge in [0, 0.05) is 19.2 Å². The van der Waals surface area contributed by atoms with Gasteiger partial charge in [0.1, 0.15) is 5.76 Å². The van der Waals surface area contributed by atoms with Gasteiger partial charge in [-0.3, -0.25) is 14.5 Å². The van der Waals surface area contributed by atoms with E-state index in [0.717, 1.165) is 17.5 Å². The van der Waals surface area contributed by atoms with Crippen molar-refractivity contribution in [3.63, 3.8) is 0 Å². The summed E-state index contributed by atoms with van der Waals surface area (Å²) in [5, 5.41) is 10.9. The Kier molecular flexibility index (Phi) is 9.28. The molecule has 4 rings (SSSR count). The minimum atomic E-state index is -0.886. The molecule has 0 spiro atoms. The van der Waals surface area contributed by atoms with E-state index in [9.17, 15) is 14.7 Å². The second-order valence-corrected chi connectivity index (χ2v) is 9.52. The molecule has 3 aromatic rings. The van der Waals surface area contributed by atoms with Crippen molar-refractivity contribution in [3.8, 4) is 34.5 Å². The normalized spacial score (nSPS) is 13.6. The molecule has 1 aromatic heterocycles. The molecular formula is C30H35NO10. The Labute approximate surface area is 238 Å². The van der Waals surface area contributed by atoms with Crippen LogP contribution < -0.4 is 29.1 Å². The van der Waals surface area contributed by atoms with Gasteiger partial charge in [-0.05, 0) is 47.4 Å². The first kappa shape index (κ1) is 29.6. The van der Waals surface area contributed by atoms with Gasteiger partial charge in [0.15, 0.2) is 28.8 Å². The molecule has 41 heavy (non-hydrogen) atoms. The van der Waals surface area contributed by atoms with Crippen LogP contribution in [-0.4, -0.2) is 65.2 Å². The van der Waals surface area contributed by atoms with E-state index in [1.54, 1.807) is 26.4 Å². The van der Waals surface area contributed by atoms with Gasteiger partial charge in [0.25, 0.3) is 0 Å². The minimum absolute atomic E-state index is 0.0593. The van der Waals surface area contributed by atoms with Crippen molar-refractivity contribution in [2.24, 2.45) is 0 Å². The van der Waals surface area contributed by atoms with Gasteiger partial charge < -0.3 is 37.9 Å². The summed E-state index contributed by atoms with van der Waals surface area (Å²) in [7, 11) is 8.88. The van der Waals surface area contributed by atoms with Gasteiger partial charge in [-0.15, -0.1) is 0 Å². The summed E-state index contributed by atoms with van der Waals surface area (Å²) in [6.45, 7) is 1.60. The molecule has 1 aliphatic rings. The smallest absolute Gasteiger partial charge is 0.306 e. The molecule has 220 valence electrons. The van der Waals surface area contributed by atoms with E-state index in [-0.39, 0.29) is 12.2 Å². The summed E-state index contributed by atoms with van der Waals surface area (Å²) in [6.07, 6.45) is 0.551. The van der Waals surface area contributed by atoms with Crippen molar-refractivity contribution < 1.29 is 42.7 Å². The molecule has 1 aliphatic heterocycles. The molecule has 1 atom stereocenters. The molecule has 2 aromatic carbocycles. The van der Waals surface area contributed by atoms with Gasteiger partial charge >= 0.3 is 5.97 Å². The van der Waals surface area contributed by atoms with E-state index in [0.29, 0.717) is 59.7 Å². The molecule has 0 saturated heterocycles. The van der Waals surface area contributed by atoms with E-state index in [1.807, 2.05) is 12.1 Å². The third-order valence-corrected chi connectivity index (χ3v) is 7.18. The Morgan fingerprint density at radius 2 is 1.49 bits per heavy atom. The van der Waals surface area contributed by atoms with Crippen LogP contribution in [0.1, 0.15) is 40.5 Å². The van der Waals surface area contributed by atoms with Crippen LogP contribution >= 0.6 is 0 Å². The zero-order valence-electron chi connectivity index (χ0n) is 24.1. The van der Waals surface area contributed by atoms with E-state index in [4.69, 9.17) is 32.8 Å². The maximum atomic E-state index is 12.9. The third-order valence-electron chi connectivity index (χ3n) is 7.18. The summed E-state index contributed by atoms with van der Waals surface area (Å²) in [5.74, 6) is 0.607. The van der Waals surface area contributed by atoms with Crippen LogP contribution in [0.4, 0.5) is 0 Å². The van der Waals surface area contributed by atoms with Gasteiger partial charge in [-0.1, -0.05) is 0 Å². The molecule has 0 bridgehead atoms. The summed E-state index contributed by atoms with van der Waals surface area (Å²) in [4.78, 5) is 27.6. The number of carbonyl (C=O) groups excluding carboxylic acids is 1. The summed E-state index contributed by atoms with van der Waals surface area (Å²) >= 11 is 0. The highest BCUT2D eigenvalue weighted by molar-refractivity contribution is 5.71. The lowest BCUT2D eigenvalue weighted by Crippen LogP contribution is -2.30. The number of hydrogen-bond donors (Lipinski definition) is 1. The van der Waals surface area contributed by atoms with Gasteiger partial charge in [0.05, 0.1) is 61.5 Å². The molecule has 11 heteroatoms. The molecule has 11 nitrogen and oxygen atoms in total. The maximum Gasteiger partial charge on any atom is 0.306 e. The summed E-state index contributed by atoms with van der Waals surface area (Å²) in [6, 6.07) is 8.50. The average molecular weight is 570 g/mol. The monoisotopic (exact) mass is 569 g/mol. The summed E-state index contributed by atoms with van der Waals surface area (Å²) in [5.41, 5.74) is 2.12. The zero-order valence-corrected chi connectivity index (χ0v) is 24.1. The van der Waals surface area contributed by atoms with Crippen LogP contribution in [0, 0.1) is 0 Å². The fourth-order valence-electron chi connectivity index (χ4n) is 5.08. The number of ether oxygens (including phenoxy) is 6. The third kappa shape index (κ3) is 6.19. The van der Waals surface area contributed by atoms with Gasteiger partial charge in [-0.25, -0.2) is 0 Å². The van der Waals surface area contributed by atoms with Crippen LogP contribution in [0.5, 0.6) is 34.5 Å². The standard InChI is InChI=1S/C30H35NO10/c1-35-23-9-17-7-8-31(15-19(17)12-24(23)36-2)16-20-13-22(32)28(34)29(41-20)21(14-27(33)39-5)18-10-25(37-3)30(40-6)26(11-18)38-4/h9-13,21,34H,7-8,14-16H2,1-6H3/t21-/m0/s1. The predicted molar refractivity (Wildman–Crippen MR) is 149 cm³/mol. The number of esters is 1. The molecule has 0 saturated carbocycles. The van der Waals surface area contributed by atoms with E-state index in [1.165, 1.54) is 34.5 Å².